The summed E-state index contributed by atoms with van der Waals surface area (Å²) >= 11 is 0. The highest BCUT2D eigenvalue weighted by Gasteiger charge is 2.29. The number of amides is 2. The summed E-state index contributed by atoms with van der Waals surface area (Å²) in [6.45, 7) is 3.58. The van der Waals surface area contributed by atoms with E-state index in [1.54, 1.807) is 23.9 Å². The second kappa shape index (κ2) is 7.02. The summed E-state index contributed by atoms with van der Waals surface area (Å²) in [4.78, 5) is 32.3. The fraction of sp³-hybridized carbons (Fsp3) is 0.412. The maximum atomic E-state index is 12.8. The van der Waals surface area contributed by atoms with Gasteiger partial charge in [0.2, 0.25) is 11.7 Å². The van der Waals surface area contributed by atoms with Crippen molar-refractivity contribution in [1.82, 2.24) is 20.1 Å². The second-order valence-corrected chi connectivity index (χ2v) is 5.96. The first-order chi connectivity index (χ1) is 12.0. The molecule has 0 saturated carbocycles. The van der Waals surface area contributed by atoms with Crippen LogP contribution >= 0.6 is 0 Å². The first-order valence-corrected chi connectivity index (χ1v) is 8.29. The normalized spacial score (nSPS) is 13.0. The average molecular weight is 342 g/mol. The summed E-state index contributed by atoms with van der Waals surface area (Å²) in [7, 11) is 3.44. The third kappa shape index (κ3) is 3.25. The minimum atomic E-state index is -0.183. The van der Waals surface area contributed by atoms with Gasteiger partial charge in [0.05, 0.1) is 6.54 Å². The summed E-state index contributed by atoms with van der Waals surface area (Å²) in [5.41, 5.74) is 2.68. The van der Waals surface area contributed by atoms with Gasteiger partial charge in [0.1, 0.15) is 6.33 Å². The number of aromatic nitrogens is 3. The van der Waals surface area contributed by atoms with Crippen LogP contribution in [0.15, 0.2) is 24.5 Å². The molecule has 0 spiro atoms. The average Bonchev–Trinajstić information content (AvgIpc) is 3.23. The fourth-order valence-electron chi connectivity index (χ4n) is 2.89. The van der Waals surface area contributed by atoms with Gasteiger partial charge in [0.25, 0.3) is 5.91 Å². The Morgan fingerprint density at radius 1 is 1.36 bits per heavy atom. The number of anilines is 2. The van der Waals surface area contributed by atoms with E-state index in [0.29, 0.717) is 12.4 Å². The predicted octanol–water partition coefficient (Wildman–Crippen LogP) is 0.590. The molecule has 1 aliphatic heterocycles. The van der Waals surface area contributed by atoms with E-state index in [2.05, 4.69) is 15.4 Å². The van der Waals surface area contributed by atoms with Crippen molar-refractivity contribution in [1.29, 1.82) is 0 Å². The number of rotatable bonds is 5. The molecule has 2 aromatic rings. The molecule has 0 unspecified atom stereocenters. The van der Waals surface area contributed by atoms with Crippen LogP contribution in [0.2, 0.25) is 0 Å². The number of carbonyl (C=O) groups excluding carboxylic acids is 2. The van der Waals surface area contributed by atoms with Gasteiger partial charge in [-0.2, -0.15) is 5.10 Å². The number of nitrogens with one attached hydrogen (secondary N) is 1. The third-order valence-electron chi connectivity index (χ3n) is 4.40. The van der Waals surface area contributed by atoms with Crippen molar-refractivity contribution in [3.05, 3.63) is 35.9 Å². The quantitative estimate of drug-likeness (QED) is 0.860. The van der Waals surface area contributed by atoms with Crippen molar-refractivity contribution in [2.45, 2.75) is 13.3 Å². The zero-order valence-electron chi connectivity index (χ0n) is 14.7. The summed E-state index contributed by atoms with van der Waals surface area (Å²) < 4.78 is 1.47. The lowest BCUT2D eigenvalue weighted by Crippen LogP contribution is -2.35. The van der Waals surface area contributed by atoms with Crippen molar-refractivity contribution in [3.8, 4) is 0 Å². The topological polar surface area (TPSA) is 83.4 Å². The molecule has 3 rings (SSSR count). The van der Waals surface area contributed by atoms with Crippen LogP contribution in [0, 0.1) is 0 Å². The Balaban J connectivity index is 1.85. The molecule has 1 aliphatic rings. The third-order valence-corrected chi connectivity index (χ3v) is 4.40. The van der Waals surface area contributed by atoms with Crippen LogP contribution in [0.3, 0.4) is 0 Å². The van der Waals surface area contributed by atoms with Gasteiger partial charge >= 0.3 is 0 Å². The van der Waals surface area contributed by atoms with Crippen LogP contribution in [0.4, 0.5) is 11.4 Å². The molecule has 1 aromatic carbocycles. The standard InChI is InChI=1S/C17H22N6O2/c1-4-18-10-15(24)21(2)13-6-5-12-7-8-23(14(12)9-13)17(25)16-19-11-20-22(16)3/h5-6,9,11,18H,4,7-8,10H2,1-3H3. The summed E-state index contributed by atoms with van der Waals surface area (Å²) in [6, 6.07) is 5.78. The van der Waals surface area contributed by atoms with E-state index in [1.165, 1.54) is 11.0 Å². The van der Waals surface area contributed by atoms with E-state index >= 15 is 0 Å². The summed E-state index contributed by atoms with van der Waals surface area (Å²) in [5, 5.41) is 6.99. The predicted molar refractivity (Wildman–Crippen MR) is 94.8 cm³/mol. The van der Waals surface area contributed by atoms with E-state index < -0.39 is 0 Å². The summed E-state index contributed by atoms with van der Waals surface area (Å²) in [6.07, 6.45) is 2.15. The zero-order valence-corrected chi connectivity index (χ0v) is 14.7. The molecular weight excluding hydrogens is 320 g/mol. The molecule has 25 heavy (non-hydrogen) atoms. The van der Waals surface area contributed by atoms with Crippen LogP contribution < -0.4 is 15.1 Å². The molecule has 132 valence electrons. The maximum absolute atomic E-state index is 12.8. The molecule has 0 radical (unpaired) electrons. The van der Waals surface area contributed by atoms with E-state index in [4.69, 9.17) is 0 Å². The smallest absolute Gasteiger partial charge is 0.295 e. The molecular formula is C17H22N6O2. The van der Waals surface area contributed by atoms with Gasteiger partial charge in [0, 0.05) is 32.0 Å². The van der Waals surface area contributed by atoms with Crippen molar-refractivity contribution >= 4 is 23.2 Å². The number of hydrogen-bond acceptors (Lipinski definition) is 5. The van der Waals surface area contributed by atoms with Crippen LogP contribution in [0.5, 0.6) is 0 Å². The zero-order chi connectivity index (χ0) is 18.0. The van der Waals surface area contributed by atoms with Crippen molar-refractivity contribution in [3.63, 3.8) is 0 Å². The molecule has 1 N–H and O–H groups in total. The molecule has 0 aliphatic carbocycles. The monoisotopic (exact) mass is 342 g/mol. The molecule has 0 fully saturated rings. The van der Waals surface area contributed by atoms with E-state index in [9.17, 15) is 9.59 Å². The van der Waals surface area contributed by atoms with Crippen molar-refractivity contribution < 1.29 is 9.59 Å². The summed E-state index contributed by atoms with van der Waals surface area (Å²) in [5.74, 6) is 0.0957. The van der Waals surface area contributed by atoms with Crippen LogP contribution in [-0.4, -0.2) is 53.3 Å². The van der Waals surface area contributed by atoms with Crippen molar-refractivity contribution in [2.24, 2.45) is 7.05 Å². The number of nitrogens with zero attached hydrogens (tertiary/aromatic N) is 5. The largest absolute Gasteiger partial charge is 0.314 e. The maximum Gasteiger partial charge on any atom is 0.295 e. The van der Waals surface area contributed by atoms with Gasteiger partial charge in [-0.3, -0.25) is 9.59 Å². The molecule has 2 heterocycles. The van der Waals surface area contributed by atoms with Gasteiger partial charge in [-0.15, -0.1) is 0 Å². The molecule has 8 heteroatoms. The van der Waals surface area contributed by atoms with Gasteiger partial charge in [-0.1, -0.05) is 13.0 Å². The lowest BCUT2D eigenvalue weighted by Gasteiger charge is -2.21. The Labute approximate surface area is 146 Å². The Hall–Kier alpha value is -2.74. The minimum absolute atomic E-state index is 0.0222. The fourth-order valence-corrected chi connectivity index (χ4v) is 2.89. The lowest BCUT2D eigenvalue weighted by molar-refractivity contribution is -0.117. The van der Waals surface area contributed by atoms with Gasteiger partial charge < -0.3 is 15.1 Å². The number of fused-ring (bicyclic) bond motifs is 1. The highest BCUT2D eigenvalue weighted by molar-refractivity contribution is 6.05. The van der Waals surface area contributed by atoms with Crippen LogP contribution in [0.1, 0.15) is 23.1 Å². The molecule has 2 amide bonds. The minimum Gasteiger partial charge on any atom is -0.314 e. The van der Waals surface area contributed by atoms with E-state index in [1.807, 2.05) is 25.1 Å². The van der Waals surface area contributed by atoms with Gasteiger partial charge in [0.15, 0.2) is 0 Å². The van der Waals surface area contributed by atoms with Crippen molar-refractivity contribution in [2.75, 3.05) is 36.5 Å². The number of benzene rings is 1. The number of hydrogen-bond donors (Lipinski definition) is 1. The molecule has 8 nitrogen and oxygen atoms in total. The molecule has 1 aromatic heterocycles. The second-order valence-electron chi connectivity index (χ2n) is 5.96. The van der Waals surface area contributed by atoms with E-state index in [-0.39, 0.29) is 18.4 Å². The Morgan fingerprint density at radius 2 is 2.16 bits per heavy atom. The Bertz CT molecular complexity index is 800. The van der Waals surface area contributed by atoms with Crippen LogP contribution in [-0.2, 0) is 18.3 Å². The molecule has 0 bridgehead atoms. The highest BCUT2D eigenvalue weighted by atomic mass is 16.2. The molecule has 0 saturated heterocycles. The number of carbonyl (C=O) groups is 2. The lowest BCUT2D eigenvalue weighted by atomic mass is 10.1. The first kappa shape index (κ1) is 17.1. The Morgan fingerprint density at radius 3 is 2.84 bits per heavy atom. The van der Waals surface area contributed by atoms with Gasteiger partial charge in [-0.25, -0.2) is 9.67 Å². The molecule has 0 atom stereocenters. The first-order valence-electron chi connectivity index (χ1n) is 8.29. The number of aryl methyl sites for hydroxylation is 1. The number of likely N-dealkylation sites (N-methyl/N-ethyl adjacent to an activating group) is 2. The van der Waals surface area contributed by atoms with Crippen LogP contribution in [0.25, 0.3) is 0 Å². The van der Waals surface area contributed by atoms with E-state index in [0.717, 1.165) is 29.9 Å². The Kier molecular flexibility index (Phi) is 4.80. The SMILES string of the molecule is CCNCC(=O)N(C)c1ccc2c(c1)N(C(=O)c1ncnn1C)CC2. The highest BCUT2D eigenvalue weighted by Crippen LogP contribution is 2.32. The van der Waals surface area contributed by atoms with Gasteiger partial charge in [-0.05, 0) is 30.7 Å².